The lowest BCUT2D eigenvalue weighted by molar-refractivity contribution is 0.713. The van der Waals surface area contributed by atoms with Crippen LogP contribution in [0, 0.1) is 6.92 Å². The van der Waals surface area contributed by atoms with E-state index in [1.165, 1.54) is 0 Å². The summed E-state index contributed by atoms with van der Waals surface area (Å²) in [6.45, 7) is 2.41. The Bertz CT molecular complexity index is 825. The SMILES string of the molecule is Cc1ncc(Cn2c(CCl)nc3ccccc3c2=O)s1. The van der Waals surface area contributed by atoms with Gasteiger partial charge in [0.05, 0.1) is 28.3 Å². The van der Waals surface area contributed by atoms with Gasteiger partial charge >= 0.3 is 0 Å². The Morgan fingerprint density at radius 3 is 2.85 bits per heavy atom. The Labute approximate surface area is 124 Å². The highest BCUT2D eigenvalue weighted by Gasteiger charge is 2.11. The van der Waals surface area contributed by atoms with Crippen molar-refractivity contribution in [3.8, 4) is 0 Å². The van der Waals surface area contributed by atoms with E-state index in [0.29, 0.717) is 23.3 Å². The minimum atomic E-state index is -0.0581. The van der Waals surface area contributed by atoms with Gasteiger partial charge in [-0.2, -0.15) is 0 Å². The van der Waals surface area contributed by atoms with E-state index in [1.54, 1.807) is 28.2 Å². The zero-order valence-electron chi connectivity index (χ0n) is 10.8. The van der Waals surface area contributed by atoms with Crippen molar-refractivity contribution in [2.45, 2.75) is 19.3 Å². The molecule has 102 valence electrons. The fraction of sp³-hybridized carbons (Fsp3) is 0.214. The molecule has 0 bridgehead atoms. The van der Waals surface area contributed by atoms with Gasteiger partial charge in [-0.15, -0.1) is 22.9 Å². The number of rotatable bonds is 3. The number of aromatic nitrogens is 3. The molecule has 0 spiro atoms. The van der Waals surface area contributed by atoms with E-state index in [0.717, 1.165) is 9.88 Å². The normalized spacial score (nSPS) is 11.1. The molecule has 0 aliphatic carbocycles. The van der Waals surface area contributed by atoms with Crippen LogP contribution in [0.3, 0.4) is 0 Å². The summed E-state index contributed by atoms with van der Waals surface area (Å²) in [5.41, 5.74) is 0.627. The van der Waals surface area contributed by atoms with Crippen LogP contribution < -0.4 is 5.56 Å². The first-order chi connectivity index (χ1) is 9.69. The highest BCUT2D eigenvalue weighted by Crippen LogP contribution is 2.15. The van der Waals surface area contributed by atoms with E-state index < -0.39 is 0 Å². The van der Waals surface area contributed by atoms with Gasteiger partial charge < -0.3 is 0 Å². The third-order valence-electron chi connectivity index (χ3n) is 3.04. The van der Waals surface area contributed by atoms with Crippen molar-refractivity contribution in [2.24, 2.45) is 0 Å². The maximum Gasteiger partial charge on any atom is 0.261 e. The van der Waals surface area contributed by atoms with Gasteiger partial charge in [-0.1, -0.05) is 12.1 Å². The molecule has 0 radical (unpaired) electrons. The number of benzene rings is 1. The Morgan fingerprint density at radius 2 is 2.15 bits per heavy atom. The molecule has 4 nitrogen and oxygen atoms in total. The summed E-state index contributed by atoms with van der Waals surface area (Å²) in [6.07, 6.45) is 1.79. The van der Waals surface area contributed by atoms with Crippen molar-refractivity contribution in [2.75, 3.05) is 0 Å². The minimum Gasteiger partial charge on any atom is -0.290 e. The van der Waals surface area contributed by atoms with Crippen LogP contribution in [0.25, 0.3) is 10.9 Å². The number of hydrogen-bond acceptors (Lipinski definition) is 4. The summed E-state index contributed by atoms with van der Waals surface area (Å²) < 4.78 is 1.63. The Morgan fingerprint density at radius 1 is 1.35 bits per heavy atom. The van der Waals surface area contributed by atoms with Gasteiger partial charge in [-0.05, 0) is 19.1 Å². The predicted molar refractivity (Wildman–Crippen MR) is 81.5 cm³/mol. The molecule has 20 heavy (non-hydrogen) atoms. The number of nitrogens with zero attached hydrogens (tertiary/aromatic N) is 3. The smallest absolute Gasteiger partial charge is 0.261 e. The molecular weight excluding hydrogens is 294 g/mol. The van der Waals surface area contributed by atoms with Crippen LogP contribution in [0.1, 0.15) is 15.7 Å². The lowest BCUT2D eigenvalue weighted by Crippen LogP contribution is -2.25. The molecule has 0 saturated heterocycles. The molecule has 0 amide bonds. The van der Waals surface area contributed by atoms with E-state index in [-0.39, 0.29) is 11.4 Å². The molecule has 0 aliphatic heterocycles. The molecule has 1 aromatic carbocycles. The Balaban J connectivity index is 2.18. The first-order valence-corrected chi connectivity index (χ1v) is 7.50. The highest BCUT2D eigenvalue weighted by molar-refractivity contribution is 7.11. The molecule has 0 fully saturated rings. The standard InChI is InChI=1S/C14H12ClN3OS/c1-9-16-7-10(20-9)8-18-13(6-15)17-12-5-3-2-4-11(12)14(18)19/h2-5,7H,6,8H2,1H3. The minimum absolute atomic E-state index is 0.0581. The third-order valence-corrected chi connectivity index (χ3v) is 4.18. The second-order valence-electron chi connectivity index (χ2n) is 4.42. The number of fused-ring (bicyclic) bond motifs is 1. The number of para-hydroxylation sites is 1. The monoisotopic (exact) mass is 305 g/mol. The van der Waals surface area contributed by atoms with Crippen molar-refractivity contribution in [3.63, 3.8) is 0 Å². The molecule has 0 unspecified atom stereocenters. The summed E-state index contributed by atoms with van der Waals surface area (Å²) in [4.78, 5) is 22.3. The maximum atomic E-state index is 12.6. The van der Waals surface area contributed by atoms with Crippen LogP contribution in [0.5, 0.6) is 0 Å². The van der Waals surface area contributed by atoms with Crippen molar-refractivity contribution in [1.82, 2.24) is 14.5 Å². The van der Waals surface area contributed by atoms with Crippen LogP contribution in [0.2, 0.25) is 0 Å². The lowest BCUT2D eigenvalue weighted by Gasteiger charge is -2.10. The topological polar surface area (TPSA) is 47.8 Å². The number of halogens is 1. The molecule has 0 atom stereocenters. The van der Waals surface area contributed by atoms with Gasteiger partial charge in [-0.3, -0.25) is 9.36 Å². The quantitative estimate of drug-likeness (QED) is 0.699. The lowest BCUT2D eigenvalue weighted by atomic mass is 10.2. The zero-order chi connectivity index (χ0) is 14.1. The molecule has 3 aromatic rings. The second-order valence-corrected chi connectivity index (χ2v) is 6.00. The second kappa shape index (κ2) is 5.34. The van der Waals surface area contributed by atoms with Crippen LogP contribution in [-0.2, 0) is 12.4 Å². The molecule has 3 rings (SSSR count). The van der Waals surface area contributed by atoms with E-state index in [4.69, 9.17) is 11.6 Å². The van der Waals surface area contributed by atoms with E-state index in [9.17, 15) is 4.79 Å². The third kappa shape index (κ3) is 2.34. The molecule has 0 N–H and O–H groups in total. The predicted octanol–water partition coefficient (Wildman–Crippen LogP) is 2.95. The van der Waals surface area contributed by atoms with Crippen molar-refractivity contribution in [3.05, 3.63) is 56.5 Å². The van der Waals surface area contributed by atoms with Crippen LogP contribution in [0.15, 0.2) is 35.3 Å². The Kier molecular flexibility index (Phi) is 3.54. The molecule has 2 aromatic heterocycles. The summed E-state index contributed by atoms with van der Waals surface area (Å²) >= 11 is 7.52. The number of alkyl halides is 1. The van der Waals surface area contributed by atoms with Crippen LogP contribution in [-0.4, -0.2) is 14.5 Å². The molecule has 0 saturated carbocycles. The summed E-state index contributed by atoms with van der Waals surface area (Å²) in [7, 11) is 0. The van der Waals surface area contributed by atoms with Crippen molar-refractivity contribution < 1.29 is 0 Å². The first-order valence-electron chi connectivity index (χ1n) is 6.15. The largest absolute Gasteiger partial charge is 0.290 e. The number of thiazole rings is 1. The summed E-state index contributed by atoms with van der Waals surface area (Å²) in [5, 5.41) is 1.59. The number of aryl methyl sites for hydroxylation is 1. The van der Waals surface area contributed by atoms with Crippen LogP contribution in [0.4, 0.5) is 0 Å². The molecular formula is C14H12ClN3OS. The maximum absolute atomic E-state index is 12.6. The van der Waals surface area contributed by atoms with E-state index >= 15 is 0 Å². The number of hydrogen-bond donors (Lipinski definition) is 0. The summed E-state index contributed by atoms with van der Waals surface area (Å²) in [6, 6.07) is 7.32. The van der Waals surface area contributed by atoms with Gasteiger partial charge in [0.15, 0.2) is 0 Å². The van der Waals surface area contributed by atoms with Gasteiger partial charge in [0.1, 0.15) is 5.82 Å². The van der Waals surface area contributed by atoms with Gasteiger partial charge in [0.2, 0.25) is 0 Å². The molecule has 6 heteroatoms. The summed E-state index contributed by atoms with van der Waals surface area (Å²) in [5.74, 6) is 0.791. The van der Waals surface area contributed by atoms with Gasteiger partial charge in [0, 0.05) is 11.1 Å². The van der Waals surface area contributed by atoms with E-state index in [2.05, 4.69) is 9.97 Å². The van der Waals surface area contributed by atoms with Crippen molar-refractivity contribution in [1.29, 1.82) is 0 Å². The van der Waals surface area contributed by atoms with Crippen LogP contribution >= 0.6 is 22.9 Å². The van der Waals surface area contributed by atoms with E-state index in [1.807, 2.05) is 25.1 Å². The first kappa shape index (κ1) is 13.3. The highest BCUT2D eigenvalue weighted by atomic mass is 35.5. The zero-order valence-corrected chi connectivity index (χ0v) is 12.4. The fourth-order valence-corrected chi connectivity index (χ4v) is 3.10. The average molecular weight is 306 g/mol. The molecule has 0 aliphatic rings. The Hall–Kier alpha value is -1.72. The van der Waals surface area contributed by atoms with Gasteiger partial charge in [-0.25, -0.2) is 9.97 Å². The fourth-order valence-electron chi connectivity index (χ4n) is 2.11. The van der Waals surface area contributed by atoms with Gasteiger partial charge in [0.25, 0.3) is 5.56 Å². The van der Waals surface area contributed by atoms with Crippen molar-refractivity contribution >= 4 is 33.8 Å². The average Bonchev–Trinajstić information content (AvgIpc) is 2.87. The molecule has 2 heterocycles.